The van der Waals surface area contributed by atoms with Crippen LogP contribution in [0.2, 0.25) is 0 Å². The summed E-state index contributed by atoms with van der Waals surface area (Å²) in [5.41, 5.74) is 2.75. The van der Waals surface area contributed by atoms with Gasteiger partial charge in [-0.05, 0) is 38.5 Å². The summed E-state index contributed by atoms with van der Waals surface area (Å²) in [7, 11) is 0. The normalized spacial score (nSPS) is 26.7. The Kier molecular flexibility index (Phi) is 5.27. The monoisotopic (exact) mass is 359 g/mol. The van der Waals surface area contributed by atoms with Crippen LogP contribution in [0, 0.1) is 5.92 Å². The Morgan fingerprint density at radius 2 is 1.96 bits per heavy atom. The van der Waals surface area contributed by atoms with Crippen molar-refractivity contribution < 1.29 is 19.7 Å². The molecule has 4 amide bonds. The Labute approximate surface area is 153 Å². The van der Waals surface area contributed by atoms with Crippen molar-refractivity contribution in [3.8, 4) is 0 Å². The van der Waals surface area contributed by atoms with E-state index in [2.05, 4.69) is 17.7 Å². The first-order chi connectivity index (χ1) is 12.4. The van der Waals surface area contributed by atoms with E-state index in [1.165, 1.54) is 0 Å². The summed E-state index contributed by atoms with van der Waals surface area (Å²) in [5.74, 6) is -0.139. The molecule has 2 fully saturated rings. The summed E-state index contributed by atoms with van der Waals surface area (Å²) < 4.78 is 0. The van der Waals surface area contributed by atoms with E-state index in [0.29, 0.717) is 18.8 Å². The van der Waals surface area contributed by atoms with E-state index < -0.39 is 11.6 Å². The summed E-state index contributed by atoms with van der Waals surface area (Å²) in [6, 6.07) is 9.44. The molecule has 1 aromatic rings. The van der Waals surface area contributed by atoms with Gasteiger partial charge < -0.3 is 10.6 Å². The first kappa shape index (κ1) is 18.4. The van der Waals surface area contributed by atoms with E-state index in [-0.39, 0.29) is 24.4 Å². The number of nitrogens with one attached hydrogen (secondary N) is 2. The Hall–Kier alpha value is -2.41. The molecule has 3 rings (SSSR count). The molecule has 4 N–H and O–H groups in total. The number of carbonyl (C=O) groups is 3. The third-order valence-electron chi connectivity index (χ3n) is 5.51. The smallest absolute Gasteiger partial charge is 0.332 e. The number of benzene rings is 1. The average molecular weight is 359 g/mol. The summed E-state index contributed by atoms with van der Waals surface area (Å²) >= 11 is 0. The Bertz CT molecular complexity index is 683. The standard InChI is InChI=1S/C19H26N4O3/c1-13-8-10-19(11-9-13)17(25)23(18(26)21-19)22-16(24)12-20-14(2)15-6-4-3-5-7-15/h3-7,13-14,20H,8-12H2,1-2H3,(H,21,26)(H,22,24)/p+1/t13?,14-,19?/m1/s1. The first-order valence-electron chi connectivity index (χ1n) is 9.26. The lowest BCUT2D eigenvalue weighted by Gasteiger charge is -2.33. The number of nitrogens with two attached hydrogens (primary N) is 1. The molecule has 1 heterocycles. The van der Waals surface area contributed by atoms with Crippen molar-refractivity contribution in [2.24, 2.45) is 5.92 Å². The Morgan fingerprint density at radius 3 is 2.62 bits per heavy atom. The van der Waals surface area contributed by atoms with E-state index in [1.54, 1.807) is 0 Å². The van der Waals surface area contributed by atoms with Crippen LogP contribution in [-0.2, 0) is 9.59 Å². The molecule has 7 nitrogen and oxygen atoms in total. The topological polar surface area (TPSA) is 95.1 Å². The van der Waals surface area contributed by atoms with Crippen LogP contribution in [0.25, 0.3) is 0 Å². The fourth-order valence-corrected chi connectivity index (χ4v) is 3.66. The van der Waals surface area contributed by atoms with Gasteiger partial charge in [0.1, 0.15) is 11.6 Å². The van der Waals surface area contributed by atoms with Gasteiger partial charge in [0.25, 0.3) is 11.8 Å². The number of imide groups is 1. The van der Waals surface area contributed by atoms with Crippen LogP contribution in [0.3, 0.4) is 0 Å². The number of hydrogen-bond donors (Lipinski definition) is 3. The summed E-state index contributed by atoms with van der Waals surface area (Å²) in [5, 5.41) is 5.53. The molecule has 0 bridgehead atoms. The van der Waals surface area contributed by atoms with Crippen LogP contribution in [-0.4, -0.2) is 34.9 Å². The van der Waals surface area contributed by atoms with Crippen LogP contribution in [0.15, 0.2) is 30.3 Å². The number of urea groups is 1. The maximum absolute atomic E-state index is 12.7. The number of quaternary nitrogens is 1. The predicted molar refractivity (Wildman–Crippen MR) is 95.5 cm³/mol. The summed E-state index contributed by atoms with van der Waals surface area (Å²) in [6.45, 7) is 4.29. The lowest BCUT2D eigenvalue weighted by molar-refractivity contribution is -0.682. The minimum atomic E-state index is -0.835. The van der Waals surface area contributed by atoms with Crippen LogP contribution in [0.4, 0.5) is 4.79 Å². The zero-order valence-corrected chi connectivity index (χ0v) is 15.3. The SMILES string of the molecule is CC1CCC2(CC1)NC(=O)N(NC(=O)C[NH2+][C@H](C)c1ccccc1)C2=O. The van der Waals surface area contributed by atoms with Crippen molar-refractivity contribution in [3.05, 3.63) is 35.9 Å². The minimum Gasteiger partial charge on any atom is -0.332 e. The van der Waals surface area contributed by atoms with Gasteiger partial charge in [-0.1, -0.05) is 37.3 Å². The molecule has 1 aliphatic heterocycles. The number of rotatable bonds is 5. The van der Waals surface area contributed by atoms with Gasteiger partial charge >= 0.3 is 6.03 Å². The molecule has 7 heteroatoms. The largest absolute Gasteiger partial charge is 0.344 e. The molecule has 0 aromatic heterocycles. The molecular weight excluding hydrogens is 332 g/mol. The second kappa shape index (κ2) is 7.45. The second-order valence-corrected chi connectivity index (χ2v) is 7.51. The maximum Gasteiger partial charge on any atom is 0.344 e. The van der Waals surface area contributed by atoms with Gasteiger partial charge in [-0.3, -0.25) is 15.0 Å². The minimum absolute atomic E-state index is 0.108. The van der Waals surface area contributed by atoms with E-state index in [1.807, 2.05) is 42.6 Å². The van der Waals surface area contributed by atoms with Crippen molar-refractivity contribution in [2.45, 2.75) is 51.1 Å². The maximum atomic E-state index is 12.7. The third kappa shape index (κ3) is 3.72. The number of hydrogen-bond acceptors (Lipinski definition) is 3. The second-order valence-electron chi connectivity index (χ2n) is 7.51. The van der Waals surface area contributed by atoms with Gasteiger partial charge in [-0.2, -0.15) is 5.01 Å². The predicted octanol–water partition coefficient (Wildman–Crippen LogP) is 0.843. The van der Waals surface area contributed by atoms with Crippen LogP contribution in [0.5, 0.6) is 0 Å². The molecule has 1 aromatic carbocycles. The molecule has 0 unspecified atom stereocenters. The molecular formula is C19H27N4O3+. The van der Waals surface area contributed by atoms with Crippen LogP contribution < -0.4 is 16.1 Å². The van der Waals surface area contributed by atoms with E-state index in [0.717, 1.165) is 23.4 Å². The van der Waals surface area contributed by atoms with Crippen molar-refractivity contribution in [1.82, 2.24) is 15.8 Å². The lowest BCUT2D eigenvalue weighted by Crippen LogP contribution is -2.87. The average Bonchev–Trinajstić information content (AvgIpc) is 2.87. The third-order valence-corrected chi connectivity index (χ3v) is 5.51. The highest BCUT2D eigenvalue weighted by Crippen LogP contribution is 2.35. The number of carbonyl (C=O) groups excluding carboxylic acids is 3. The molecule has 2 aliphatic rings. The Morgan fingerprint density at radius 1 is 1.31 bits per heavy atom. The van der Waals surface area contributed by atoms with Crippen LogP contribution in [0.1, 0.15) is 51.1 Å². The van der Waals surface area contributed by atoms with Gasteiger partial charge in [-0.25, -0.2) is 4.79 Å². The van der Waals surface area contributed by atoms with E-state index in [4.69, 9.17) is 0 Å². The highest BCUT2D eigenvalue weighted by Gasteiger charge is 2.52. The molecule has 1 spiro atoms. The van der Waals surface area contributed by atoms with Crippen molar-refractivity contribution in [2.75, 3.05) is 6.54 Å². The van der Waals surface area contributed by atoms with Crippen LogP contribution >= 0.6 is 0 Å². The molecule has 140 valence electrons. The Balaban J connectivity index is 1.54. The fraction of sp³-hybridized carbons (Fsp3) is 0.526. The highest BCUT2D eigenvalue weighted by atomic mass is 16.2. The molecule has 1 saturated heterocycles. The quantitative estimate of drug-likeness (QED) is 0.680. The van der Waals surface area contributed by atoms with Crippen molar-refractivity contribution >= 4 is 17.8 Å². The first-order valence-corrected chi connectivity index (χ1v) is 9.26. The molecule has 1 atom stereocenters. The van der Waals surface area contributed by atoms with Gasteiger partial charge in [0.05, 0.1) is 0 Å². The molecule has 1 aliphatic carbocycles. The fourth-order valence-electron chi connectivity index (χ4n) is 3.66. The van der Waals surface area contributed by atoms with E-state index >= 15 is 0 Å². The zero-order chi connectivity index (χ0) is 18.7. The number of hydrazine groups is 1. The van der Waals surface area contributed by atoms with E-state index in [9.17, 15) is 14.4 Å². The van der Waals surface area contributed by atoms with Gasteiger partial charge in [0, 0.05) is 5.56 Å². The highest BCUT2D eigenvalue weighted by molar-refractivity contribution is 6.08. The molecule has 0 radical (unpaired) electrons. The lowest BCUT2D eigenvalue weighted by atomic mass is 9.77. The van der Waals surface area contributed by atoms with Gasteiger partial charge in [-0.15, -0.1) is 0 Å². The molecule has 1 saturated carbocycles. The number of nitrogens with zero attached hydrogens (tertiary/aromatic N) is 1. The van der Waals surface area contributed by atoms with Crippen molar-refractivity contribution in [1.29, 1.82) is 0 Å². The number of amides is 4. The van der Waals surface area contributed by atoms with Crippen molar-refractivity contribution in [3.63, 3.8) is 0 Å². The zero-order valence-electron chi connectivity index (χ0n) is 15.3. The van der Waals surface area contributed by atoms with Gasteiger partial charge in [0.2, 0.25) is 0 Å². The summed E-state index contributed by atoms with van der Waals surface area (Å²) in [4.78, 5) is 37.1. The van der Waals surface area contributed by atoms with Gasteiger partial charge in [0.15, 0.2) is 6.54 Å². The summed E-state index contributed by atoms with van der Waals surface area (Å²) in [6.07, 6.45) is 3.05. The molecule has 26 heavy (non-hydrogen) atoms.